The average Bonchev–Trinajstić information content (AvgIpc) is 4.30. The number of aromatic nitrogens is 6. The number of aliphatic hydroxyl groups excluding tert-OH is 1. The van der Waals surface area contributed by atoms with Crippen molar-refractivity contribution < 1.29 is 29.1 Å². The molecule has 19 heteroatoms. The number of thiazole rings is 1. The van der Waals surface area contributed by atoms with E-state index in [1.165, 1.54) is 30.8 Å². The zero-order valence-corrected chi connectivity index (χ0v) is 47.9. The number of nitrogen functional groups attached to an aromatic ring is 1. The van der Waals surface area contributed by atoms with Crippen molar-refractivity contribution in [1.82, 2.24) is 50.1 Å². The molecule has 5 fully saturated rings. The molecule has 2 amide bonds. The number of aliphatic hydroxyl groups is 1. The Balaban J connectivity index is 0.576. The van der Waals surface area contributed by atoms with Gasteiger partial charge in [0.15, 0.2) is 17.4 Å². The molecule has 6 aromatic rings. The molecule has 0 bridgehead atoms. The summed E-state index contributed by atoms with van der Waals surface area (Å²) in [6, 6.07) is 18.2. The van der Waals surface area contributed by atoms with Gasteiger partial charge in [0.05, 0.1) is 58.4 Å². The van der Waals surface area contributed by atoms with Gasteiger partial charge in [0.1, 0.15) is 17.7 Å². The third-order valence-electron chi connectivity index (χ3n) is 18.1. The van der Waals surface area contributed by atoms with Crippen molar-refractivity contribution in [2.75, 3.05) is 69.5 Å². The highest BCUT2D eigenvalue weighted by molar-refractivity contribution is 7.13. The molecule has 426 valence electrons. The molecule has 0 radical (unpaired) electrons. The van der Waals surface area contributed by atoms with E-state index in [1.54, 1.807) is 23.5 Å². The quantitative estimate of drug-likeness (QED) is 0.0633. The molecule has 5 aliphatic rings. The summed E-state index contributed by atoms with van der Waals surface area (Å²) in [7, 11) is 0. The number of carbonyl (C=O) groups is 2. The van der Waals surface area contributed by atoms with Gasteiger partial charge in [-0.2, -0.15) is 5.10 Å². The lowest BCUT2D eigenvalue weighted by molar-refractivity contribution is -0.141. The van der Waals surface area contributed by atoms with E-state index in [-0.39, 0.29) is 54.6 Å². The summed E-state index contributed by atoms with van der Waals surface area (Å²) in [5.74, 6) is 2.52. The fourth-order valence-corrected chi connectivity index (χ4v) is 14.1. The molecule has 4 aromatic heterocycles. The van der Waals surface area contributed by atoms with Gasteiger partial charge in [0.2, 0.25) is 11.8 Å². The van der Waals surface area contributed by atoms with E-state index in [2.05, 4.69) is 58.2 Å². The topological polar surface area (TPSA) is 217 Å². The number of aromatic hydroxyl groups is 1. The van der Waals surface area contributed by atoms with Gasteiger partial charge in [0, 0.05) is 81.2 Å². The number of anilines is 2. The molecule has 2 aromatic carbocycles. The lowest BCUT2D eigenvalue weighted by atomic mass is 9.74. The number of carbonyl (C=O) groups excluding carboxylic acids is 2. The van der Waals surface area contributed by atoms with Crippen molar-refractivity contribution in [2.24, 2.45) is 23.7 Å². The number of nitrogens with two attached hydrogens (primary N) is 1. The Morgan fingerprint density at radius 2 is 1.51 bits per heavy atom. The van der Waals surface area contributed by atoms with E-state index in [4.69, 9.17) is 20.1 Å². The second-order valence-corrected chi connectivity index (χ2v) is 24.8. The molecule has 80 heavy (non-hydrogen) atoms. The van der Waals surface area contributed by atoms with E-state index >= 15 is 0 Å². The van der Waals surface area contributed by atoms with Crippen LogP contribution in [0.5, 0.6) is 5.75 Å². The molecule has 5 atom stereocenters. The minimum absolute atomic E-state index is 0.0859. The SMILES string of the molecule is Cc1ncsc1-c1ccc([C@H](C)NC(=O)[C@@H]2C[C@@H](O)CN2C(=O)[C@H](c2cc(N3CCC(OC4CCN(CC5CC(CN6CCC([C@@H](C)n7cc(-c8cc(-c9ccccc9O)nnc8N)cn7)CC6)C5)CC4)CC3)no2)C(C)C)cc1. The summed E-state index contributed by atoms with van der Waals surface area (Å²) < 4.78 is 14.8. The van der Waals surface area contributed by atoms with E-state index < -0.39 is 18.1 Å². The van der Waals surface area contributed by atoms with Crippen molar-refractivity contribution in [2.45, 2.75) is 135 Å². The first-order chi connectivity index (χ1) is 38.7. The Morgan fingerprint density at radius 3 is 2.17 bits per heavy atom. The number of phenolic OH excluding ortho intramolecular Hbond substituents is 1. The van der Waals surface area contributed by atoms with Crippen LogP contribution in [-0.2, 0) is 14.3 Å². The van der Waals surface area contributed by atoms with Crippen molar-refractivity contribution >= 4 is 34.8 Å². The Morgan fingerprint density at radius 1 is 0.838 bits per heavy atom. The van der Waals surface area contributed by atoms with Crippen molar-refractivity contribution in [3.8, 4) is 38.6 Å². The molecule has 5 N–H and O–H groups in total. The zero-order valence-electron chi connectivity index (χ0n) is 47.1. The molecular formula is C61H80N12O6S. The van der Waals surface area contributed by atoms with E-state index in [9.17, 15) is 19.8 Å². The summed E-state index contributed by atoms with van der Waals surface area (Å²) in [4.78, 5) is 42.8. The normalized spacial score (nSPS) is 23.1. The standard InChI is InChI=1S/C61H80N12O6S/c1-37(2)57(61(77)72-35-47(74)28-53(72)60(76)65-38(3)43-10-12-45(13-11-43)58-39(4)63-36-80-58)55-30-56(68-79-55)71-24-18-49(19-25-71)78-48-16-22-70(23-17-48)33-42-26-41(27-42)32-69-20-14-44(15-21-69)40(5)73-34-46(31-64-73)51-29-52(66-67-59(51)62)50-8-6-7-9-54(50)75/h6-13,29-31,34,36-38,40-42,44,47-49,53,57,74-75H,14-28,32-33,35H2,1-5H3,(H2,62,67)(H,65,76)/t38-,40+,41?,42?,47+,53-,57-/m0/s1. The summed E-state index contributed by atoms with van der Waals surface area (Å²) in [5.41, 5.74) is 14.0. The molecule has 8 heterocycles. The third-order valence-corrected chi connectivity index (χ3v) is 19.1. The van der Waals surface area contributed by atoms with Crippen LogP contribution in [0.15, 0.2) is 83.1 Å². The maximum absolute atomic E-state index is 14.4. The van der Waals surface area contributed by atoms with E-state index in [0.717, 1.165) is 128 Å². The van der Waals surface area contributed by atoms with Crippen LogP contribution in [0.25, 0.3) is 32.8 Å². The largest absolute Gasteiger partial charge is 0.507 e. The van der Waals surface area contributed by atoms with Crippen LogP contribution < -0.4 is 16.0 Å². The minimum atomic E-state index is -0.800. The first-order valence-electron chi connectivity index (χ1n) is 29.3. The maximum atomic E-state index is 14.4. The molecule has 0 unspecified atom stereocenters. The Labute approximate surface area is 474 Å². The van der Waals surface area contributed by atoms with Gasteiger partial charge in [-0.25, -0.2) is 4.98 Å². The second-order valence-electron chi connectivity index (χ2n) is 24.0. The van der Waals surface area contributed by atoms with Crippen molar-refractivity contribution in [3.05, 3.63) is 95.6 Å². The zero-order chi connectivity index (χ0) is 55.6. The highest BCUT2D eigenvalue weighted by atomic mass is 32.1. The Bertz CT molecular complexity index is 3040. The molecule has 4 saturated heterocycles. The first kappa shape index (κ1) is 55.6. The number of piperidine rings is 3. The summed E-state index contributed by atoms with van der Waals surface area (Å²) in [6.45, 7) is 18.7. The van der Waals surface area contributed by atoms with Crippen LogP contribution in [0.1, 0.15) is 121 Å². The number of hydrogen-bond donors (Lipinski definition) is 4. The smallest absolute Gasteiger partial charge is 0.243 e. The van der Waals surface area contributed by atoms with Crippen LogP contribution in [0.3, 0.4) is 0 Å². The van der Waals surface area contributed by atoms with Crippen molar-refractivity contribution in [1.29, 1.82) is 0 Å². The predicted octanol–water partition coefficient (Wildman–Crippen LogP) is 8.74. The third kappa shape index (κ3) is 12.5. The van der Waals surface area contributed by atoms with E-state index in [1.807, 2.05) is 87.9 Å². The first-order valence-corrected chi connectivity index (χ1v) is 30.2. The average molecular weight is 1110 g/mol. The summed E-state index contributed by atoms with van der Waals surface area (Å²) >= 11 is 1.60. The molecule has 0 spiro atoms. The lowest BCUT2D eigenvalue weighted by Gasteiger charge is -2.44. The molecule has 11 rings (SSSR count). The summed E-state index contributed by atoms with van der Waals surface area (Å²) in [6.07, 6.45) is 12.7. The number of β-amino-alcohol motifs (C(OH)–C–C–N with tert-alkyl or cyclic N) is 1. The second kappa shape index (κ2) is 24.5. The monoisotopic (exact) mass is 1110 g/mol. The van der Waals surface area contributed by atoms with Crippen LogP contribution in [0.4, 0.5) is 11.6 Å². The fourth-order valence-electron chi connectivity index (χ4n) is 13.3. The molecule has 18 nitrogen and oxygen atoms in total. The van der Waals surface area contributed by atoms with Gasteiger partial charge < -0.3 is 50.1 Å². The van der Waals surface area contributed by atoms with Gasteiger partial charge in [-0.15, -0.1) is 21.5 Å². The van der Waals surface area contributed by atoms with Gasteiger partial charge >= 0.3 is 0 Å². The van der Waals surface area contributed by atoms with Gasteiger partial charge in [-0.3, -0.25) is 14.3 Å². The molecule has 4 aliphatic heterocycles. The number of rotatable bonds is 18. The maximum Gasteiger partial charge on any atom is 0.243 e. The van der Waals surface area contributed by atoms with Crippen molar-refractivity contribution in [3.63, 3.8) is 0 Å². The Hall–Kier alpha value is -6.25. The number of hydrogen-bond acceptors (Lipinski definition) is 16. The van der Waals surface area contributed by atoms with Crippen LogP contribution in [0, 0.1) is 30.6 Å². The van der Waals surface area contributed by atoms with Crippen LogP contribution >= 0.6 is 11.3 Å². The van der Waals surface area contributed by atoms with Gasteiger partial charge in [0.25, 0.3) is 0 Å². The highest BCUT2D eigenvalue weighted by Crippen LogP contribution is 2.39. The number of nitrogens with one attached hydrogen (secondary N) is 1. The summed E-state index contributed by atoms with van der Waals surface area (Å²) in [5, 5.41) is 42.0. The fraction of sp³-hybridized carbons (Fsp3) is 0.557. The number of phenols is 1. The number of para-hydroxylation sites is 1. The molecule has 1 saturated carbocycles. The number of ether oxygens (including phenoxy) is 1. The molecule has 1 aliphatic carbocycles. The lowest BCUT2D eigenvalue weighted by Crippen LogP contribution is -2.48. The van der Waals surface area contributed by atoms with Gasteiger partial charge in [-0.05, 0) is 138 Å². The number of amides is 2. The highest BCUT2D eigenvalue weighted by Gasteiger charge is 2.44. The minimum Gasteiger partial charge on any atom is -0.507 e. The molecular weight excluding hydrogens is 1030 g/mol. The van der Waals surface area contributed by atoms with Crippen LogP contribution in [0.2, 0.25) is 0 Å². The number of benzene rings is 2. The Kier molecular flexibility index (Phi) is 17.0. The number of nitrogens with zero attached hydrogens (tertiary/aromatic N) is 10. The predicted molar refractivity (Wildman–Crippen MR) is 310 cm³/mol. The van der Waals surface area contributed by atoms with Crippen LogP contribution in [-0.4, -0.2) is 150 Å². The van der Waals surface area contributed by atoms with Gasteiger partial charge in [-0.1, -0.05) is 55.4 Å². The number of aryl methyl sites for hydroxylation is 1. The number of likely N-dealkylation sites (tertiary alicyclic amines) is 3. The van der Waals surface area contributed by atoms with E-state index in [0.29, 0.717) is 34.9 Å².